The molecule has 2 unspecified atom stereocenters. The standard InChI is InChI=1S/C13H21N/c1-3-11-7-6-9-12-8-4-5-10-13(11)14(12)2/h3,9,11,13H,1,4-8,10H2,2H3. The third-order valence-electron chi connectivity index (χ3n) is 3.81. The van der Waals surface area contributed by atoms with Gasteiger partial charge in [-0.2, -0.15) is 0 Å². The second kappa shape index (κ2) is 4.20. The summed E-state index contributed by atoms with van der Waals surface area (Å²) >= 11 is 0. The average Bonchev–Trinajstić information content (AvgIpc) is 2.47. The molecule has 78 valence electrons. The summed E-state index contributed by atoms with van der Waals surface area (Å²) in [7, 11) is 2.27. The molecule has 1 fully saturated rings. The Morgan fingerprint density at radius 1 is 1.43 bits per heavy atom. The van der Waals surface area contributed by atoms with E-state index in [9.17, 15) is 0 Å². The van der Waals surface area contributed by atoms with Crippen molar-refractivity contribution in [1.82, 2.24) is 4.90 Å². The molecule has 1 saturated heterocycles. The molecule has 0 N–H and O–H groups in total. The first-order valence-electron chi connectivity index (χ1n) is 5.87. The molecule has 2 aliphatic rings. The number of nitrogens with zero attached hydrogens (tertiary/aromatic N) is 1. The predicted octanol–water partition coefficient (Wildman–Crippen LogP) is 3.34. The van der Waals surface area contributed by atoms with E-state index in [-0.39, 0.29) is 0 Å². The lowest BCUT2D eigenvalue weighted by atomic mass is 9.91. The van der Waals surface area contributed by atoms with E-state index in [1.807, 2.05) is 0 Å². The van der Waals surface area contributed by atoms with E-state index in [0.29, 0.717) is 5.92 Å². The van der Waals surface area contributed by atoms with Gasteiger partial charge in [0.05, 0.1) is 0 Å². The van der Waals surface area contributed by atoms with Gasteiger partial charge in [0.15, 0.2) is 0 Å². The molecule has 0 aromatic heterocycles. The summed E-state index contributed by atoms with van der Waals surface area (Å²) < 4.78 is 0. The molecule has 0 aliphatic carbocycles. The van der Waals surface area contributed by atoms with Gasteiger partial charge >= 0.3 is 0 Å². The topological polar surface area (TPSA) is 3.24 Å². The quantitative estimate of drug-likeness (QED) is 0.575. The molecule has 2 aliphatic heterocycles. The van der Waals surface area contributed by atoms with Gasteiger partial charge in [-0.05, 0) is 38.0 Å². The second-order valence-corrected chi connectivity index (χ2v) is 4.60. The monoisotopic (exact) mass is 191 g/mol. The van der Waals surface area contributed by atoms with Crippen molar-refractivity contribution in [2.75, 3.05) is 7.05 Å². The van der Waals surface area contributed by atoms with Gasteiger partial charge < -0.3 is 4.90 Å². The van der Waals surface area contributed by atoms with Crippen LogP contribution in [-0.4, -0.2) is 18.0 Å². The zero-order valence-electron chi connectivity index (χ0n) is 9.21. The van der Waals surface area contributed by atoms with Crippen LogP contribution in [-0.2, 0) is 0 Å². The van der Waals surface area contributed by atoms with E-state index in [1.54, 1.807) is 5.70 Å². The van der Waals surface area contributed by atoms with Crippen LogP contribution in [0.25, 0.3) is 0 Å². The molecule has 2 rings (SSSR count). The van der Waals surface area contributed by atoms with Gasteiger partial charge in [0, 0.05) is 18.8 Å². The highest BCUT2D eigenvalue weighted by Gasteiger charge is 2.27. The maximum Gasteiger partial charge on any atom is 0.0346 e. The van der Waals surface area contributed by atoms with Crippen molar-refractivity contribution in [1.29, 1.82) is 0 Å². The number of hydrogen-bond donors (Lipinski definition) is 0. The average molecular weight is 191 g/mol. The third kappa shape index (κ3) is 1.73. The Morgan fingerprint density at radius 2 is 2.29 bits per heavy atom. The summed E-state index contributed by atoms with van der Waals surface area (Å²) in [6.07, 6.45) is 12.6. The maximum atomic E-state index is 3.99. The third-order valence-corrected chi connectivity index (χ3v) is 3.81. The van der Waals surface area contributed by atoms with E-state index >= 15 is 0 Å². The Kier molecular flexibility index (Phi) is 2.95. The molecule has 2 heterocycles. The van der Waals surface area contributed by atoms with E-state index in [1.165, 1.54) is 38.5 Å². The molecule has 0 saturated carbocycles. The van der Waals surface area contributed by atoms with Gasteiger partial charge in [-0.15, -0.1) is 6.58 Å². The smallest absolute Gasteiger partial charge is 0.0346 e. The van der Waals surface area contributed by atoms with Crippen molar-refractivity contribution >= 4 is 0 Å². The minimum Gasteiger partial charge on any atom is -0.375 e. The number of allylic oxidation sites excluding steroid dienone is 2. The number of hydrogen-bond acceptors (Lipinski definition) is 1. The molecule has 2 bridgehead atoms. The number of rotatable bonds is 1. The predicted molar refractivity (Wildman–Crippen MR) is 61.0 cm³/mol. The van der Waals surface area contributed by atoms with Crippen LogP contribution in [0.2, 0.25) is 0 Å². The Labute approximate surface area is 87.5 Å². The fraction of sp³-hybridized carbons (Fsp3) is 0.692. The first-order valence-corrected chi connectivity index (χ1v) is 5.87. The SMILES string of the molecule is C=CC1CCC=C2CCCCC1N2C. The lowest BCUT2D eigenvalue weighted by Crippen LogP contribution is -2.34. The molecule has 0 aromatic carbocycles. The Morgan fingerprint density at radius 3 is 3.07 bits per heavy atom. The van der Waals surface area contributed by atoms with Gasteiger partial charge in [0.25, 0.3) is 0 Å². The zero-order chi connectivity index (χ0) is 9.97. The molecule has 1 heteroatoms. The summed E-state index contributed by atoms with van der Waals surface area (Å²) in [5, 5.41) is 0. The molecule has 0 spiro atoms. The number of fused-ring (bicyclic) bond motifs is 2. The Balaban J connectivity index is 2.24. The molecule has 0 amide bonds. The van der Waals surface area contributed by atoms with Crippen LogP contribution < -0.4 is 0 Å². The summed E-state index contributed by atoms with van der Waals surface area (Å²) in [6, 6.07) is 0.726. The lowest BCUT2D eigenvalue weighted by Gasteiger charge is -2.32. The Bertz CT molecular complexity index is 242. The second-order valence-electron chi connectivity index (χ2n) is 4.60. The van der Waals surface area contributed by atoms with Gasteiger partial charge in [-0.25, -0.2) is 0 Å². The van der Waals surface area contributed by atoms with Gasteiger partial charge in [0.2, 0.25) is 0 Å². The van der Waals surface area contributed by atoms with Gasteiger partial charge in [-0.3, -0.25) is 0 Å². The Hall–Kier alpha value is -0.720. The van der Waals surface area contributed by atoms with Crippen LogP contribution in [0, 0.1) is 5.92 Å². The van der Waals surface area contributed by atoms with E-state index in [2.05, 4.69) is 30.7 Å². The van der Waals surface area contributed by atoms with Crippen molar-refractivity contribution in [2.24, 2.45) is 5.92 Å². The van der Waals surface area contributed by atoms with Crippen molar-refractivity contribution < 1.29 is 0 Å². The molecule has 2 atom stereocenters. The summed E-state index contributed by atoms with van der Waals surface area (Å²) in [5.74, 6) is 0.701. The summed E-state index contributed by atoms with van der Waals surface area (Å²) in [5.41, 5.74) is 1.58. The van der Waals surface area contributed by atoms with Gasteiger partial charge in [-0.1, -0.05) is 18.6 Å². The zero-order valence-corrected chi connectivity index (χ0v) is 9.21. The van der Waals surface area contributed by atoms with Crippen LogP contribution in [0.3, 0.4) is 0 Å². The van der Waals surface area contributed by atoms with Crippen LogP contribution in [0.15, 0.2) is 24.4 Å². The summed E-state index contributed by atoms with van der Waals surface area (Å²) in [6.45, 7) is 3.99. The largest absolute Gasteiger partial charge is 0.375 e. The highest BCUT2D eigenvalue weighted by Crippen LogP contribution is 2.33. The minimum absolute atomic E-state index is 0.701. The first-order chi connectivity index (χ1) is 6.83. The maximum absolute atomic E-state index is 3.99. The fourth-order valence-corrected chi connectivity index (χ4v) is 2.90. The highest BCUT2D eigenvalue weighted by atomic mass is 15.1. The molecule has 0 aromatic rings. The van der Waals surface area contributed by atoms with Crippen LogP contribution in [0.4, 0.5) is 0 Å². The van der Waals surface area contributed by atoms with Crippen molar-refractivity contribution in [3.63, 3.8) is 0 Å². The molecule has 1 nitrogen and oxygen atoms in total. The van der Waals surface area contributed by atoms with Gasteiger partial charge in [0.1, 0.15) is 0 Å². The molecule has 0 radical (unpaired) electrons. The molecular formula is C13H21N. The fourth-order valence-electron chi connectivity index (χ4n) is 2.90. The normalized spacial score (nSPS) is 32.9. The van der Waals surface area contributed by atoms with Crippen molar-refractivity contribution in [3.05, 3.63) is 24.4 Å². The van der Waals surface area contributed by atoms with Crippen LogP contribution in [0.1, 0.15) is 38.5 Å². The van der Waals surface area contributed by atoms with E-state index < -0.39 is 0 Å². The van der Waals surface area contributed by atoms with Crippen molar-refractivity contribution in [2.45, 2.75) is 44.6 Å². The van der Waals surface area contributed by atoms with E-state index in [0.717, 1.165) is 6.04 Å². The lowest BCUT2D eigenvalue weighted by molar-refractivity contribution is 0.241. The van der Waals surface area contributed by atoms with E-state index in [4.69, 9.17) is 0 Å². The van der Waals surface area contributed by atoms with Crippen molar-refractivity contribution in [3.8, 4) is 0 Å². The molecule has 14 heavy (non-hydrogen) atoms. The first kappa shape index (κ1) is 9.82. The summed E-state index contributed by atoms with van der Waals surface area (Å²) in [4.78, 5) is 2.52. The molecular weight excluding hydrogens is 170 g/mol. The van der Waals surface area contributed by atoms with Crippen LogP contribution >= 0.6 is 0 Å². The highest BCUT2D eigenvalue weighted by molar-refractivity contribution is 5.09. The minimum atomic E-state index is 0.701. The van der Waals surface area contributed by atoms with Crippen LogP contribution in [0.5, 0.6) is 0 Å².